The van der Waals surface area contributed by atoms with Crippen LogP contribution in [0.3, 0.4) is 0 Å². The smallest absolute Gasteiger partial charge is 0.0703 e. The molecule has 1 rings (SSSR count). The van der Waals surface area contributed by atoms with E-state index < -0.39 is 0 Å². The molecule has 0 atom stereocenters. The molecule has 0 aliphatic rings. The summed E-state index contributed by atoms with van der Waals surface area (Å²) in [6.07, 6.45) is 4.22. The van der Waals surface area contributed by atoms with E-state index in [1.54, 1.807) is 0 Å². The monoisotopic (exact) mass is 167 g/mol. The Balaban J connectivity index is 2.91. The fraction of sp³-hybridized carbons (Fsp3) is 0.333. The van der Waals surface area contributed by atoms with Crippen LogP contribution in [0.4, 0.5) is 5.69 Å². The van der Waals surface area contributed by atoms with Gasteiger partial charge in [-0.1, -0.05) is 17.7 Å². The zero-order valence-corrected chi connectivity index (χ0v) is 7.98. The first-order chi connectivity index (χ1) is 5.18. The van der Waals surface area contributed by atoms with E-state index in [1.165, 1.54) is 5.56 Å². The van der Waals surface area contributed by atoms with Crippen LogP contribution in [-0.4, -0.2) is 12.5 Å². The molecule has 0 unspecified atom stereocenters. The highest BCUT2D eigenvalue weighted by atomic mass is 32.2. The average molecular weight is 167 g/mol. The Morgan fingerprint density at radius 1 is 1.09 bits per heavy atom. The lowest BCUT2D eigenvalue weighted by atomic mass is 10.2. The Hall–Kier alpha value is -0.630. The van der Waals surface area contributed by atoms with Crippen LogP contribution < -0.4 is 0 Å². The molecular formula is C9H13NS. The molecule has 1 aromatic carbocycles. The Bertz CT molecular complexity index is 257. The molecule has 0 bridgehead atoms. The van der Waals surface area contributed by atoms with Crippen molar-refractivity contribution in [2.75, 3.05) is 12.5 Å². The van der Waals surface area contributed by atoms with Crippen LogP contribution in [0.1, 0.15) is 5.56 Å². The van der Waals surface area contributed by atoms with E-state index in [2.05, 4.69) is 48.1 Å². The molecule has 11 heavy (non-hydrogen) atoms. The highest BCUT2D eigenvalue weighted by Gasteiger charge is 1.86. The van der Waals surface area contributed by atoms with Gasteiger partial charge in [-0.2, -0.15) is 0 Å². The quantitative estimate of drug-likeness (QED) is 0.610. The maximum atomic E-state index is 4.43. The molecule has 0 saturated heterocycles. The summed E-state index contributed by atoms with van der Waals surface area (Å²) in [7, 11) is 0.152. The van der Waals surface area contributed by atoms with Gasteiger partial charge in [-0.15, -0.1) is 10.7 Å². The lowest BCUT2D eigenvalue weighted by Gasteiger charge is -1.95. The highest BCUT2D eigenvalue weighted by molar-refractivity contribution is 7.85. The first kappa shape index (κ1) is 8.47. The Morgan fingerprint density at radius 2 is 1.64 bits per heavy atom. The van der Waals surface area contributed by atoms with Gasteiger partial charge in [0.1, 0.15) is 0 Å². The largest absolute Gasteiger partial charge is 0.229 e. The van der Waals surface area contributed by atoms with E-state index in [9.17, 15) is 0 Å². The first-order valence-electron chi connectivity index (χ1n) is 3.54. The van der Waals surface area contributed by atoms with E-state index in [1.807, 2.05) is 0 Å². The van der Waals surface area contributed by atoms with Gasteiger partial charge in [0.2, 0.25) is 0 Å². The number of nitrogens with zero attached hydrogens (tertiary/aromatic N) is 1. The van der Waals surface area contributed by atoms with Crippen LogP contribution in [-0.2, 0) is 10.7 Å². The van der Waals surface area contributed by atoms with Gasteiger partial charge >= 0.3 is 0 Å². The van der Waals surface area contributed by atoms with Gasteiger partial charge in [0.15, 0.2) is 0 Å². The van der Waals surface area contributed by atoms with Gasteiger partial charge in [-0.3, -0.25) is 0 Å². The van der Waals surface area contributed by atoms with E-state index >= 15 is 0 Å². The van der Waals surface area contributed by atoms with Crippen molar-refractivity contribution in [3.8, 4) is 0 Å². The van der Waals surface area contributed by atoms with Gasteiger partial charge in [-0.05, 0) is 31.6 Å². The van der Waals surface area contributed by atoms with Crippen LogP contribution in [0.5, 0.6) is 0 Å². The number of rotatable bonds is 1. The summed E-state index contributed by atoms with van der Waals surface area (Å²) in [6.45, 7) is 2.08. The maximum absolute atomic E-state index is 4.43. The molecular weight excluding hydrogens is 154 g/mol. The molecule has 0 aromatic heterocycles. The zero-order valence-electron chi connectivity index (χ0n) is 7.16. The van der Waals surface area contributed by atoms with Crippen molar-refractivity contribution in [1.82, 2.24) is 0 Å². The summed E-state index contributed by atoms with van der Waals surface area (Å²) >= 11 is 0. The Kier molecular flexibility index (Phi) is 2.83. The SMILES string of the molecule is Cc1ccc(N=S(C)C)cc1. The third kappa shape index (κ3) is 2.85. The molecule has 0 N–H and O–H groups in total. The second-order valence-electron chi connectivity index (χ2n) is 2.70. The number of hydrogen-bond donors (Lipinski definition) is 0. The zero-order chi connectivity index (χ0) is 8.27. The second kappa shape index (κ2) is 3.67. The third-order valence-electron chi connectivity index (χ3n) is 1.32. The summed E-state index contributed by atoms with van der Waals surface area (Å²) < 4.78 is 4.43. The number of hydrogen-bond acceptors (Lipinski definition) is 1. The van der Waals surface area contributed by atoms with Gasteiger partial charge in [0, 0.05) is 0 Å². The first-order valence-corrected chi connectivity index (χ1v) is 5.54. The molecule has 0 fully saturated rings. The number of aryl methyl sites for hydroxylation is 1. The molecule has 0 spiro atoms. The summed E-state index contributed by atoms with van der Waals surface area (Å²) in [4.78, 5) is 0. The molecule has 0 radical (unpaired) electrons. The number of benzene rings is 1. The topological polar surface area (TPSA) is 12.4 Å². The van der Waals surface area contributed by atoms with Crippen molar-refractivity contribution in [1.29, 1.82) is 0 Å². The second-order valence-corrected chi connectivity index (χ2v) is 4.43. The average Bonchev–Trinajstić information content (AvgIpc) is 1.93. The fourth-order valence-electron chi connectivity index (χ4n) is 0.816. The molecule has 0 amide bonds. The standard InChI is InChI=1S/C9H13NS/c1-8-4-6-9(7-5-8)10-11(2)3/h4-7H,1-3H3. The lowest BCUT2D eigenvalue weighted by Crippen LogP contribution is -1.76. The Morgan fingerprint density at radius 3 is 2.09 bits per heavy atom. The van der Waals surface area contributed by atoms with Gasteiger partial charge in [0.05, 0.1) is 5.69 Å². The molecule has 0 heterocycles. The van der Waals surface area contributed by atoms with Crippen molar-refractivity contribution >= 4 is 16.4 Å². The van der Waals surface area contributed by atoms with Crippen molar-refractivity contribution in [2.24, 2.45) is 4.36 Å². The molecule has 1 aromatic rings. The van der Waals surface area contributed by atoms with Gasteiger partial charge < -0.3 is 0 Å². The van der Waals surface area contributed by atoms with Crippen molar-refractivity contribution < 1.29 is 0 Å². The fourth-order valence-corrected chi connectivity index (χ4v) is 1.36. The maximum Gasteiger partial charge on any atom is 0.0703 e. The molecule has 0 saturated carbocycles. The summed E-state index contributed by atoms with van der Waals surface area (Å²) in [5, 5.41) is 0. The highest BCUT2D eigenvalue weighted by Crippen LogP contribution is 2.12. The molecule has 0 aliphatic carbocycles. The van der Waals surface area contributed by atoms with E-state index in [-0.39, 0.29) is 10.7 Å². The minimum atomic E-state index is 0.152. The summed E-state index contributed by atoms with van der Waals surface area (Å²) in [5.41, 5.74) is 2.37. The molecule has 0 aliphatic heterocycles. The van der Waals surface area contributed by atoms with E-state index in [0.717, 1.165) is 5.69 Å². The van der Waals surface area contributed by atoms with Crippen LogP contribution in [0.2, 0.25) is 0 Å². The van der Waals surface area contributed by atoms with Crippen LogP contribution in [0, 0.1) is 6.92 Å². The van der Waals surface area contributed by atoms with Gasteiger partial charge in [0.25, 0.3) is 0 Å². The normalized spacial score (nSPS) is 10.2. The van der Waals surface area contributed by atoms with Crippen molar-refractivity contribution in [2.45, 2.75) is 6.92 Å². The predicted octanol–water partition coefficient (Wildman–Crippen LogP) is 2.69. The minimum Gasteiger partial charge on any atom is -0.229 e. The van der Waals surface area contributed by atoms with Crippen molar-refractivity contribution in [3.05, 3.63) is 29.8 Å². The molecule has 1 nitrogen and oxygen atoms in total. The summed E-state index contributed by atoms with van der Waals surface area (Å²) in [6, 6.07) is 8.29. The molecule has 60 valence electrons. The van der Waals surface area contributed by atoms with Crippen molar-refractivity contribution in [3.63, 3.8) is 0 Å². The molecule has 2 heteroatoms. The predicted molar refractivity (Wildman–Crippen MR) is 52.5 cm³/mol. The van der Waals surface area contributed by atoms with E-state index in [0.29, 0.717) is 0 Å². The van der Waals surface area contributed by atoms with Crippen LogP contribution >= 0.6 is 0 Å². The third-order valence-corrected chi connectivity index (χ3v) is 1.90. The lowest BCUT2D eigenvalue weighted by molar-refractivity contribution is 1.45. The van der Waals surface area contributed by atoms with E-state index in [4.69, 9.17) is 0 Å². The van der Waals surface area contributed by atoms with Gasteiger partial charge in [-0.25, -0.2) is 4.36 Å². The van der Waals surface area contributed by atoms with Crippen LogP contribution in [0.15, 0.2) is 28.6 Å². The van der Waals surface area contributed by atoms with Crippen LogP contribution in [0.25, 0.3) is 0 Å². The summed E-state index contributed by atoms with van der Waals surface area (Å²) in [5.74, 6) is 0. The Labute approximate surface area is 70.6 Å². The minimum absolute atomic E-state index is 0.152.